The van der Waals surface area contributed by atoms with Gasteiger partial charge in [0.05, 0.1) is 5.69 Å². The van der Waals surface area contributed by atoms with E-state index in [0.29, 0.717) is 46.8 Å². The second-order valence-corrected chi connectivity index (χ2v) is 11.8. The first kappa shape index (κ1) is 25.5. The van der Waals surface area contributed by atoms with Gasteiger partial charge in [-0.2, -0.15) is 0 Å². The van der Waals surface area contributed by atoms with Crippen LogP contribution in [0.4, 0.5) is 4.39 Å². The molecule has 39 heavy (non-hydrogen) atoms. The van der Waals surface area contributed by atoms with E-state index in [1.54, 1.807) is 30.6 Å². The summed E-state index contributed by atoms with van der Waals surface area (Å²) in [5.74, 6) is 1.30. The second kappa shape index (κ2) is 9.77. The van der Waals surface area contributed by atoms with Gasteiger partial charge in [-0.1, -0.05) is 12.1 Å². The molecule has 2 N–H and O–H groups in total. The van der Waals surface area contributed by atoms with Gasteiger partial charge < -0.3 is 15.4 Å². The Morgan fingerprint density at radius 2 is 1.82 bits per heavy atom. The summed E-state index contributed by atoms with van der Waals surface area (Å²) in [7, 11) is 0. The summed E-state index contributed by atoms with van der Waals surface area (Å²) in [5, 5.41) is 0.646. The Morgan fingerprint density at radius 3 is 2.49 bits per heavy atom. The predicted octanol–water partition coefficient (Wildman–Crippen LogP) is 4.38. The lowest BCUT2D eigenvalue weighted by atomic mass is 9.95. The molecule has 0 radical (unpaired) electrons. The van der Waals surface area contributed by atoms with Crippen molar-refractivity contribution in [2.75, 3.05) is 13.1 Å². The molecule has 200 valence electrons. The van der Waals surface area contributed by atoms with Gasteiger partial charge in [0.15, 0.2) is 10.8 Å². The van der Waals surface area contributed by atoms with Crippen LogP contribution in [0.2, 0.25) is 0 Å². The van der Waals surface area contributed by atoms with Crippen LogP contribution in [0.15, 0.2) is 54.9 Å². The molecule has 1 aliphatic heterocycles. The Kier molecular flexibility index (Phi) is 6.39. The molecule has 4 heterocycles. The molecule has 1 saturated carbocycles. The van der Waals surface area contributed by atoms with Gasteiger partial charge in [-0.15, -0.1) is 11.3 Å². The summed E-state index contributed by atoms with van der Waals surface area (Å²) in [6.45, 7) is 7.00. The number of piperidine rings is 1. The maximum absolute atomic E-state index is 13.4. The number of nitrogens with two attached hydrogens (primary N) is 1. The zero-order valence-corrected chi connectivity index (χ0v) is 22.8. The number of nitrogens with zero attached hydrogens (tertiary/aromatic N) is 5. The highest BCUT2D eigenvalue weighted by molar-refractivity contribution is 7.17. The molecule has 3 atom stereocenters. The quantitative estimate of drug-likeness (QED) is 0.368. The number of hydrogen-bond donors (Lipinski definition) is 1. The third-order valence-electron chi connectivity index (χ3n) is 7.30. The summed E-state index contributed by atoms with van der Waals surface area (Å²) < 4.78 is 19.7. The predicted molar refractivity (Wildman–Crippen MR) is 146 cm³/mol. The Bertz CT molecular complexity index is 1510. The number of aromatic nitrogens is 4. The number of carbonyl (C=O) groups excluding carboxylic acids is 1. The van der Waals surface area contributed by atoms with E-state index < -0.39 is 5.54 Å². The van der Waals surface area contributed by atoms with Crippen LogP contribution in [-0.4, -0.2) is 49.9 Å². The van der Waals surface area contributed by atoms with Crippen LogP contribution in [0.25, 0.3) is 10.8 Å². The van der Waals surface area contributed by atoms with Gasteiger partial charge >= 0.3 is 0 Å². The normalized spacial score (nSPS) is 20.1. The molecule has 1 saturated heterocycles. The monoisotopic (exact) mass is 544 g/mol. The molecule has 6 rings (SSSR count). The van der Waals surface area contributed by atoms with E-state index in [9.17, 15) is 9.18 Å². The lowest BCUT2D eigenvalue weighted by Gasteiger charge is -2.22. The van der Waals surface area contributed by atoms with Crippen LogP contribution in [0, 0.1) is 24.6 Å². The Labute approximate surface area is 230 Å². The van der Waals surface area contributed by atoms with E-state index in [1.807, 2.05) is 37.8 Å². The highest BCUT2D eigenvalue weighted by Gasteiger charge is 2.59. The summed E-state index contributed by atoms with van der Waals surface area (Å²) in [4.78, 5) is 33.6. The van der Waals surface area contributed by atoms with Crippen molar-refractivity contribution in [3.05, 3.63) is 88.1 Å². The molecule has 4 aromatic rings. The second-order valence-electron chi connectivity index (χ2n) is 10.8. The van der Waals surface area contributed by atoms with Crippen molar-refractivity contribution in [1.82, 2.24) is 24.8 Å². The molecular weight excluding hydrogens is 515 g/mol. The summed E-state index contributed by atoms with van der Waals surface area (Å²) >= 11 is 1.33. The molecule has 2 fully saturated rings. The molecule has 2 aliphatic rings. The van der Waals surface area contributed by atoms with Crippen LogP contribution >= 0.6 is 11.3 Å². The average molecular weight is 545 g/mol. The number of rotatable bonds is 7. The number of pyridine rings is 1. The highest BCUT2D eigenvalue weighted by atomic mass is 32.1. The number of aryl methyl sites for hydroxylation is 1. The average Bonchev–Trinajstić information content (AvgIpc) is 3.22. The van der Waals surface area contributed by atoms with Crippen LogP contribution in [-0.2, 0) is 12.0 Å². The first-order valence-electron chi connectivity index (χ1n) is 12.9. The number of fused-ring (bicyclic) bond motifs is 1. The standard InChI is InChI=1S/C29H29FN6O2S/c1-16-25(39-27(34-16)26-32-9-4-10-33-26)28(37)36-14-21-22(15-36)24(21)38-23-13-18(29(2,3)31)12-20(35-23)11-17-5-7-19(30)8-6-17/h4-10,12-13,21-22,24H,11,14-15,31H2,1-3H3/t21-,22+,24+. The van der Waals surface area contributed by atoms with Gasteiger partial charge in [0.1, 0.15) is 16.8 Å². The molecule has 8 nitrogen and oxygen atoms in total. The molecule has 0 spiro atoms. The highest BCUT2D eigenvalue weighted by Crippen LogP contribution is 2.48. The van der Waals surface area contributed by atoms with Crippen LogP contribution < -0.4 is 10.5 Å². The fourth-order valence-corrected chi connectivity index (χ4v) is 6.07. The first-order valence-corrected chi connectivity index (χ1v) is 13.7. The molecular formula is C29H29FN6O2S. The summed E-state index contributed by atoms with van der Waals surface area (Å²) in [6.07, 6.45) is 3.89. The molecule has 1 aliphatic carbocycles. The van der Waals surface area contributed by atoms with E-state index in [0.717, 1.165) is 16.8 Å². The Hall–Kier alpha value is -3.76. The van der Waals surface area contributed by atoms with Gasteiger partial charge in [0, 0.05) is 61.0 Å². The SMILES string of the molecule is Cc1nc(-c2ncccn2)sc1C(=O)N1C[C@@H]2[C@H](C1)[C@H]2Oc1cc(C(C)(C)N)cc(Cc2ccc(F)cc2)n1. The van der Waals surface area contributed by atoms with E-state index in [2.05, 4.69) is 15.0 Å². The molecule has 10 heteroatoms. The number of thiazole rings is 1. The topological polar surface area (TPSA) is 107 Å². The van der Waals surface area contributed by atoms with E-state index >= 15 is 0 Å². The first-order chi connectivity index (χ1) is 18.7. The van der Waals surface area contributed by atoms with Crippen LogP contribution in [0.5, 0.6) is 5.88 Å². The van der Waals surface area contributed by atoms with Crippen molar-refractivity contribution in [1.29, 1.82) is 0 Å². The number of carbonyl (C=O) groups is 1. The molecule has 0 unspecified atom stereocenters. The number of likely N-dealkylation sites (tertiary alicyclic amines) is 1. The zero-order chi connectivity index (χ0) is 27.3. The molecule has 1 amide bonds. The molecule has 1 aromatic carbocycles. The molecule has 0 bridgehead atoms. The van der Waals surface area contributed by atoms with E-state index in [4.69, 9.17) is 15.5 Å². The largest absolute Gasteiger partial charge is 0.474 e. The number of benzene rings is 1. The zero-order valence-electron chi connectivity index (χ0n) is 22.0. The van der Waals surface area contributed by atoms with Gasteiger partial charge in [-0.05, 0) is 56.2 Å². The third kappa shape index (κ3) is 5.26. The van der Waals surface area contributed by atoms with E-state index in [-0.39, 0.29) is 29.7 Å². The Morgan fingerprint density at radius 1 is 1.13 bits per heavy atom. The maximum atomic E-state index is 13.4. The van der Waals surface area contributed by atoms with E-state index in [1.165, 1.54) is 23.5 Å². The molecule has 3 aromatic heterocycles. The third-order valence-corrected chi connectivity index (χ3v) is 8.45. The lowest BCUT2D eigenvalue weighted by Crippen LogP contribution is -2.33. The van der Waals surface area contributed by atoms with Gasteiger partial charge in [-0.3, -0.25) is 4.79 Å². The van der Waals surface area contributed by atoms with Crippen molar-refractivity contribution >= 4 is 17.2 Å². The minimum absolute atomic E-state index is 0.00666. The van der Waals surface area contributed by atoms with Crippen molar-refractivity contribution in [2.45, 2.75) is 38.8 Å². The summed E-state index contributed by atoms with van der Waals surface area (Å²) in [5.41, 5.74) is 9.23. The van der Waals surface area contributed by atoms with Gasteiger partial charge in [0.2, 0.25) is 5.88 Å². The summed E-state index contributed by atoms with van der Waals surface area (Å²) in [6, 6.07) is 12.1. The number of amides is 1. The fourth-order valence-electron chi connectivity index (χ4n) is 5.09. The Balaban J connectivity index is 1.13. The van der Waals surface area contributed by atoms with Crippen molar-refractivity contribution in [2.24, 2.45) is 17.6 Å². The van der Waals surface area contributed by atoms with Crippen LogP contribution in [0.3, 0.4) is 0 Å². The lowest BCUT2D eigenvalue weighted by molar-refractivity contribution is 0.0755. The van der Waals surface area contributed by atoms with Crippen molar-refractivity contribution in [3.63, 3.8) is 0 Å². The number of ether oxygens (including phenoxy) is 1. The van der Waals surface area contributed by atoms with Crippen molar-refractivity contribution < 1.29 is 13.9 Å². The van der Waals surface area contributed by atoms with Crippen LogP contribution in [0.1, 0.15) is 46.0 Å². The maximum Gasteiger partial charge on any atom is 0.265 e. The van der Waals surface area contributed by atoms with Crippen molar-refractivity contribution in [3.8, 4) is 16.7 Å². The number of hydrogen-bond acceptors (Lipinski definition) is 8. The minimum Gasteiger partial charge on any atom is -0.474 e. The van der Waals surface area contributed by atoms with Gasteiger partial charge in [0.25, 0.3) is 5.91 Å². The fraction of sp³-hybridized carbons (Fsp3) is 0.345. The van der Waals surface area contributed by atoms with Gasteiger partial charge in [-0.25, -0.2) is 24.3 Å². The smallest absolute Gasteiger partial charge is 0.265 e. The minimum atomic E-state index is -0.572. The number of halogens is 1.